The van der Waals surface area contributed by atoms with Crippen molar-refractivity contribution in [1.29, 1.82) is 0 Å². The number of carbonyl (C=O) groups is 1. The number of carbonyl (C=O) groups excluding carboxylic acids is 1. The smallest absolute Gasteiger partial charge is 0.226 e. The van der Waals surface area contributed by atoms with E-state index in [1.807, 2.05) is 34.9 Å². The van der Waals surface area contributed by atoms with E-state index < -0.39 is 0 Å². The van der Waals surface area contributed by atoms with Crippen molar-refractivity contribution in [3.05, 3.63) is 65.1 Å². The molecule has 2 heterocycles. The number of anilines is 1. The topological polar surface area (TPSA) is 65.4 Å². The Kier molecular flexibility index (Phi) is 4.49. The first-order valence-corrected chi connectivity index (χ1v) is 8.83. The van der Waals surface area contributed by atoms with Crippen molar-refractivity contribution in [3.8, 4) is 17.2 Å². The van der Waals surface area contributed by atoms with Crippen LogP contribution in [0.2, 0.25) is 5.02 Å². The van der Waals surface area contributed by atoms with Crippen LogP contribution >= 0.6 is 11.6 Å². The molecule has 0 radical (unpaired) electrons. The summed E-state index contributed by atoms with van der Waals surface area (Å²) in [6.45, 7) is 0. The molecular formula is C20H18ClN3O3. The number of methoxy groups -OCH3 is 2. The number of rotatable bonds is 4. The normalized spacial score (nSPS) is 15.8. The fourth-order valence-electron chi connectivity index (χ4n) is 3.37. The standard InChI is InChI=1S/C20H18ClN3O3/c1-26-14-7-8-15(17(9-14)27-2)16-10-18(25)23-20-19(16)22-11-24(20)13-5-3-12(21)4-6-13/h3-9,11,16H,10H2,1-2H3,(H,23,25)/t16-/m1/s1. The summed E-state index contributed by atoms with van der Waals surface area (Å²) in [7, 11) is 3.21. The van der Waals surface area contributed by atoms with Gasteiger partial charge >= 0.3 is 0 Å². The summed E-state index contributed by atoms with van der Waals surface area (Å²) in [5, 5.41) is 3.59. The van der Waals surface area contributed by atoms with E-state index in [-0.39, 0.29) is 11.8 Å². The fraction of sp³-hybridized carbons (Fsp3) is 0.200. The second-order valence-electron chi connectivity index (χ2n) is 6.24. The van der Waals surface area contributed by atoms with E-state index in [0.29, 0.717) is 28.8 Å². The van der Waals surface area contributed by atoms with Crippen LogP contribution in [0.25, 0.3) is 5.69 Å². The lowest BCUT2D eigenvalue weighted by molar-refractivity contribution is -0.116. The molecule has 4 rings (SSSR count). The number of hydrogen-bond acceptors (Lipinski definition) is 4. The molecule has 0 fully saturated rings. The zero-order valence-corrected chi connectivity index (χ0v) is 15.7. The van der Waals surface area contributed by atoms with Crippen LogP contribution < -0.4 is 14.8 Å². The Morgan fingerprint density at radius 1 is 1.15 bits per heavy atom. The van der Waals surface area contributed by atoms with E-state index >= 15 is 0 Å². The molecule has 1 aromatic heterocycles. The van der Waals surface area contributed by atoms with Crippen molar-refractivity contribution in [1.82, 2.24) is 9.55 Å². The number of aromatic nitrogens is 2. The molecule has 1 amide bonds. The Hall–Kier alpha value is -2.99. The van der Waals surface area contributed by atoms with Gasteiger partial charge in [0.15, 0.2) is 0 Å². The number of imidazole rings is 1. The van der Waals surface area contributed by atoms with Crippen LogP contribution in [0.3, 0.4) is 0 Å². The van der Waals surface area contributed by atoms with Crippen LogP contribution in [0.5, 0.6) is 11.5 Å². The average molecular weight is 384 g/mol. The minimum Gasteiger partial charge on any atom is -0.497 e. The maximum Gasteiger partial charge on any atom is 0.226 e. The van der Waals surface area contributed by atoms with Crippen LogP contribution in [-0.4, -0.2) is 29.7 Å². The molecule has 1 N–H and O–H groups in total. The number of nitrogens with zero attached hydrogens (tertiary/aromatic N) is 2. The van der Waals surface area contributed by atoms with Crippen molar-refractivity contribution in [2.75, 3.05) is 19.5 Å². The molecule has 27 heavy (non-hydrogen) atoms. The molecule has 3 aromatic rings. The minimum atomic E-state index is -0.205. The van der Waals surface area contributed by atoms with Crippen molar-refractivity contribution in [2.45, 2.75) is 12.3 Å². The molecule has 1 aliphatic heterocycles. The summed E-state index contributed by atoms with van der Waals surface area (Å²) < 4.78 is 12.7. The van der Waals surface area contributed by atoms with E-state index in [1.165, 1.54) is 0 Å². The van der Waals surface area contributed by atoms with Crippen LogP contribution in [0.1, 0.15) is 23.6 Å². The van der Waals surface area contributed by atoms with E-state index in [4.69, 9.17) is 21.1 Å². The molecule has 0 saturated heterocycles. The van der Waals surface area contributed by atoms with Gasteiger partial charge in [-0.05, 0) is 30.3 Å². The minimum absolute atomic E-state index is 0.0684. The van der Waals surface area contributed by atoms with Gasteiger partial charge in [0, 0.05) is 34.7 Å². The van der Waals surface area contributed by atoms with E-state index in [1.54, 1.807) is 32.7 Å². The molecule has 1 aliphatic rings. The van der Waals surface area contributed by atoms with E-state index in [9.17, 15) is 4.79 Å². The summed E-state index contributed by atoms with van der Waals surface area (Å²) in [4.78, 5) is 17.0. The maximum atomic E-state index is 12.4. The Bertz CT molecular complexity index is 998. The lowest BCUT2D eigenvalue weighted by atomic mass is 9.89. The Morgan fingerprint density at radius 2 is 1.93 bits per heavy atom. The molecule has 0 unspecified atom stereocenters. The van der Waals surface area contributed by atoms with Gasteiger partial charge in [-0.3, -0.25) is 9.36 Å². The first kappa shape index (κ1) is 17.4. The maximum absolute atomic E-state index is 12.4. The molecule has 1 atom stereocenters. The highest BCUT2D eigenvalue weighted by Crippen LogP contribution is 2.41. The number of benzene rings is 2. The monoisotopic (exact) mass is 383 g/mol. The van der Waals surface area contributed by atoms with Crippen molar-refractivity contribution >= 4 is 23.3 Å². The molecule has 0 bridgehead atoms. The van der Waals surface area contributed by atoms with Crippen LogP contribution in [0.15, 0.2) is 48.8 Å². The van der Waals surface area contributed by atoms with Crippen molar-refractivity contribution in [3.63, 3.8) is 0 Å². The average Bonchev–Trinajstić information content (AvgIpc) is 3.11. The predicted molar refractivity (Wildman–Crippen MR) is 103 cm³/mol. The summed E-state index contributed by atoms with van der Waals surface area (Å²) >= 11 is 5.98. The SMILES string of the molecule is COc1ccc([C@H]2CC(=O)Nc3c2ncn3-c2ccc(Cl)cc2)c(OC)c1. The van der Waals surface area contributed by atoms with Gasteiger partial charge in [-0.2, -0.15) is 0 Å². The van der Waals surface area contributed by atoms with Gasteiger partial charge in [0.05, 0.1) is 19.9 Å². The third kappa shape index (κ3) is 3.13. The second kappa shape index (κ2) is 6.96. The third-order valence-electron chi connectivity index (χ3n) is 4.69. The van der Waals surface area contributed by atoms with Crippen LogP contribution in [-0.2, 0) is 4.79 Å². The number of fused-ring (bicyclic) bond motifs is 1. The van der Waals surface area contributed by atoms with Gasteiger partial charge in [0.2, 0.25) is 5.91 Å². The van der Waals surface area contributed by atoms with Crippen molar-refractivity contribution in [2.24, 2.45) is 0 Å². The van der Waals surface area contributed by atoms with Gasteiger partial charge in [-0.25, -0.2) is 4.98 Å². The second-order valence-corrected chi connectivity index (χ2v) is 6.67. The van der Waals surface area contributed by atoms with Crippen molar-refractivity contribution < 1.29 is 14.3 Å². The molecule has 2 aromatic carbocycles. The van der Waals surface area contributed by atoms with Gasteiger partial charge in [-0.15, -0.1) is 0 Å². The molecule has 7 heteroatoms. The first-order chi connectivity index (χ1) is 13.1. The lowest BCUT2D eigenvalue weighted by Gasteiger charge is -2.25. The molecule has 0 aliphatic carbocycles. The van der Waals surface area contributed by atoms with Gasteiger partial charge in [0.1, 0.15) is 23.6 Å². The third-order valence-corrected chi connectivity index (χ3v) is 4.95. The predicted octanol–water partition coefficient (Wildman–Crippen LogP) is 4.02. The molecule has 0 saturated carbocycles. The van der Waals surface area contributed by atoms with Crippen LogP contribution in [0, 0.1) is 0 Å². The number of hydrogen-bond donors (Lipinski definition) is 1. The summed E-state index contributed by atoms with van der Waals surface area (Å²) in [6, 6.07) is 13.0. The molecule has 0 spiro atoms. The molecule has 6 nitrogen and oxygen atoms in total. The fourth-order valence-corrected chi connectivity index (χ4v) is 3.49. The molecular weight excluding hydrogens is 366 g/mol. The van der Waals surface area contributed by atoms with Gasteiger partial charge in [-0.1, -0.05) is 17.7 Å². The number of amides is 1. The Morgan fingerprint density at radius 3 is 2.63 bits per heavy atom. The van der Waals surface area contributed by atoms with Gasteiger partial charge in [0.25, 0.3) is 0 Å². The first-order valence-electron chi connectivity index (χ1n) is 8.45. The quantitative estimate of drug-likeness (QED) is 0.739. The molecule has 138 valence electrons. The highest BCUT2D eigenvalue weighted by Gasteiger charge is 2.32. The zero-order valence-electron chi connectivity index (χ0n) is 14.9. The Labute approximate surface area is 161 Å². The Balaban J connectivity index is 1.81. The highest BCUT2D eigenvalue weighted by atomic mass is 35.5. The number of nitrogens with one attached hydrogen (secondary N) is 1. The van der Waals surface area contributed by atoms with E-state index in [0.717, 1.165) is 16.9 Å². The van der Waals surface area contributed by atoms with Gasteiger partial charge < -0.3 is 14.8 Å². The summed E-state index contributed by atoms with van der Waals surface area (Å²) in [5.74, 6) is 1.75. The lowest BCUT2D eigenvalue weighted by Crippen LogP contribution is -2.25. The van der Waals surface area contributed by atoms with Crippen LogP contribution in [0.4, 0.5) is 5.82 Å². The summed E-state index contributed by atoms with van der Waals surface area (Å²) in [6.07, 6.45) is 2.01. The number of halogens is 1. The summed E-state index contributed by atoms with van der Waals surface area (Å²) in [5.41, 5.74) is 2.57. The zero-order chi connectivity index (χ0) is 19.0. The number of ether oxygens (including phenoxy) is 2. The van der Waals surface area contributed by atoms with E-state index in [2.05, 4.69) is 10.3 Å². The largest absolute Gasteiger partial charge is 0.497 e. The highest BCUT2D eigenvalue weighted by molar-refractivity contribution is 6.30.